The van der Waals surface area contributed by atoms with Crippen molar-refractivity contribution in [3.63, 3.8) is 0 Å². The second-order valence-electron chi connectivity index (χ2n) is 5.98. The molecule has 0 unspecified atom stereocenters. The van der Waals surface area contributed by atoms with Gasteiger partial charge >= 0.3 is 0 Å². The Hall–Kier alpha value is -3.02. The molecule has 0 atom stereocenters. The van der Waals surface area contributed by atoms with E-state index in [0.717, 1.165) is 43.7 Å². The summed E-state index contributed by atoms with van der Waals surface area (Å²) in [6.07, 6.45) is 3.48. The lowest BCUT2D eigenvalue weighted by molar-refractivity contribution is 0.517. The first kappa shape index (κ1) is 15.5. The molecule has 0 saturated carbocycles. The third kappa shape index (κ3) is 3.74. The molecular weight excluding hydrogens is 314 g/mol. The fourth-order valence-electron chi connectivity index (χ4n) is 2.99. The van der Waals surface area contributed by atoms with Crippen LogP contribution in [0.15, 0.2) is 65.4 Å². The van der Waals surface area contributed by atoms with Gasteiger partial charge in [0.1, 0.15) is 11.6 Å². The first-order valence-electron chi connectivity index (χ1n) is 8.53. The molecule has 0 spiro atoms. The molecule has 1 N–H and O–H groups in total. The number of nitrogens with one attached hydrogen (secondary N) is 1. The van der Waals surface area contributed by atoms with Crippen LogP contribution in [-0.2, 0) is 6.54 Å². The number of piperazine rings is 1. The first-order valence-corrected chi connectivity index (χ1v) is 8.53. The van der Waals surface area contributed by atoms with Crippen LogP contribution in [0.2, 0.25) is 0 Å². The molecule has 2 aromatic heterocycles. The summed E-state index contributed by atoms with van der Waals surface area (Å²) in [5, 5.41) is 3.28. The highest BCUT2D eigenvalue weighted by Gasteiger charge is 2.19. The molecule has 1 fully saturated rings. The third-order valence-electron chi connectivity index (χ3n) is 4.35. The largest absolute Gasteiger partial charge is 0.467 e. The van der Waals surface area contributed by atoms with Gasteiger partial charge < -0.3 is 19.5 Å². The van der Waals surface area contributed by atoms with Gasteiger partial charge in [-0.2, -0.15) is 4.98 Å². The number of para-hydroxylation sites is 1. The molecule has 1 aliphatic heterocycles. The van der Waals surface area contributed by atoms with Crippen LogP contribution in [0.5, 0.6) is 0 Å². The molecule has 1 aromatic carbocycles. The van der Waals surface area contributed by atoms with Gasteiger partial charge in [-0.1, -0.05) is 18.2 Å². The number of furan rings is 1. The standard InChI is InChI=1S/C19H21N5O/c1-2-5-16(6-3-1)23-10-12-24(13-11-23)19-20-9-8-18(22-19)21-15-17-7-4-14-25-17/h1-9,14H,10-13,15H2,(H,20,21,22). The topological polar surface area (TPSA) is 57.4 Å². The Kier molecular flexibility index (Phi) is 4.50. The molecule has 25 heavy (non-hydrogen) atoms. The van der Waals surface area contributed by atoms with E-state index < -0.39 is 0 Å². The number of nitrogens with zero attached hydrogens (tertiary/aromatic N) is 4. The quantitative estimate of drug-likeness (QED) is 0.773. The summed E-state index contributed by atoms with van der Waals surface area (Å²) in [4.78, 5) is 13.7. The molecule has 0 radical (unpaired) electrons. The molecule has 6 heteroatoms. The average Bonchev–Trinajstić information content (AvgIpc) is 3.21. The van der Waals surface area contributed by atoms with Gasteiger partial charge in [-0.15, -0.1) is 0 Å². The van der Waals surface area contributed by atoms with Crippen LogP contribution in [0.3, 0.4) is 0 Å². The average molecular weight is 335 g/mol. The SMILES string of the molecule is c1ccc(N2CCN(c3nccc(NCc4ccco4)n3)CC2)cc1. The van der Waals surface area contributed by atoms with E-state index in [4.69, 9.17) is 4.42 Å². The Morgan fingerprint density at radius 1 is 0.920 bits per heavy atom. The summed E-state index contributed by atoms with van der Waals surface area (Å²) in [6, 6.07) is 16.2. The summed E-state index contributed by atoms with van der Waals surface area (Å²) < 4.78 is 5.33. The Morgan fingerprint density at radius 2 is 1.72 bits per heavy atom. The zero-order valence-corrected chi connectivity index (χ0v) is 14.0. The summed E-state index contributed by atoms with van der Waals surface area (Å²) in [5.74, 6) is 2.47. The number of rotatable bonds is 5. The van der Waals surface area contributed by atoms with Crippen molar-refractivity contribution in [2.24, 2.45) is 0 Å². The highest BCUT2D eigenvalue weighted by molar-refractivity contribution is 5.49. The van der Waals surface area contributed by atoms with E-state index in [2.05, 4.69) is 55.4 Å². The maximum atomic E-state index is 5.33. The van der Waals surface area contributed by atoms with E-state index in [-0.39, 0.29) is 0 Å². The monoisotopic (exact) mass is 335 g/mol. The van der Waals surface area contributed by atoms with Gasteiger partial charge in [-0.05, 0) is 30.3 Å². The van der Waals surface area contributed by atoms with E-state index in [9.17, 15) is 0 Å². The molecule has 128 valence electrons. The first-order chi connectivity index (χ1) is 12.4. The van der Waals surface area contributed by atoms with Gasteiger partial charge in [0.05, 0.1) is 12.8 Å². The summed E-state index contributed by atoms with van der Waals surface area (Å²) in [6.45, 7) is 4.38. The highest BCUT2D eigenvalue weighted by Crippen LogP contribution is 2.18. The lowest BCUT2D eigenvalue weighted by Crippen LogP contribution is -2.47. The summed E-state index contributed by atoms with van der Waals surface area (Å²) in [7, 11) is 0. The maximum Gasteiger partial charge on any atom is 0.227 e. The zero-order valence-electron chi connectivity index (χ0n) is 14.0. The Bertz CT molecular complexity index is 783. The predicted octanol–water partition coefficient (Wildman–Crippen LogP) is 3.01. The van der Waals surface area contributed by atoms with Crippen LogP contribution >= 0.6 is 0 Å². The normalized spacial score (nSPS) is 14.6. The van der Waals surface area contributed by atoms with E-state index in [0.29, 0.717) is 6.54 Å². The van der Waals surface area contributed by atoms with Crippen molar-refractivity contribution in [2.45, 2.75) is 6.54 Å². The fraction of sp³-hybridized carbons (Fsp3) is 0.263. The van der Waals surface area contributed by atoms with Crippen molar-refractivity contribution in [3.05, 3.63) is 66.8 Å². The predicted molar refractivity (Wildman–Crippen MR) is 98.9 cm³/mol. The maximum absolute atomic E-state index is 5.33. The highest BCUT2D eigenvalue weighted by atomic mass is 16.3. The Labute approximate surface area is 147 Å². The molecule has 4 rings (SSSR count). The van der Waals surface area contributed by atoms with Gasteiger partial charge in [0.2, 0.25) is 5.95 Å². The molecular formula is C19H21N5O. The van der Waals surface area contributed by atoms with Crippen molar-refractivity contribution >= 4 is 17.5 Å². The molecule has 0 bridgehead atoms. The minimum Gasteiger partial charge on any atom is -0.467 e. The number of benzene rings is 1. The van der Waals surface area contributed by atoms with E-state index in [1.54, 1.807) is 12.5 Å². The van der Waals surface area contributed by atoms with Gasteiger partial charge in [0, 0.05) is 38.1 Å². The molecule has 3 aromatic rings. The van der Waals surface area contributed by atoms with Gasteiger partial charge in [0.25, 0.3) is 0 Å². The van der Waals surface area contributed by atoms with Crippen molar-refractivity contribution in [2.75, 3.05) is 41.3 Å². The molecule has 0 amide bonds. The van der Waals surface area contributed by atoms with Crippen LogP contribution < -0.4 is 15.1 Å². The number of aromatic nitrogens is 2. The van der Waals surface area contributed by atoms with Crippen LogP contribution in [0.25, 0.3) is 0 Å². The van der Waals surface area contributed by atoms with Crippen LogP contribution in [0.1, 0.15) is 5.76 Å². The second-order valence-corrected chi connectivity index (χ2v) is 5.98. The van der Waals surface area contributed by atoms with Crippen LogP contribution in [0.4, 0.5) is 17.5 Å². The lowest BCUT2D eigenvalue weighted by atomic mass is 10.2. The lowest BCUT2D eigenvalue weighted by Gasteiger charge is -2.36. The molecule has 6 nitrogen and oxygen atoms in total. The zero-order chi connectivity index (χ0) is 16.9. The van der Waals surface area contributed by atoms with E-state index >= 15 is 0 Å². The number of hydrogen-bond acceptors (Lipinski definition) is 6. The molecule has 3 heterocycles. The Morgan fingerprint density at radius 3 is 2.48 bits per heavy atom. The fourth-order valence-corrected chi connectivity index (χ4v) is 2.99. The molecule has 1 aliphatic rings. The minimum absolute atomic E-state index is 0.616. The van der Waals surface area contributed by atoms with Gasteiger partial charge in [-0.3, -0.25) is 0 Å². The number of hydrogen-bond donors (Lipinski definition) is 1. The molecule has 0 aliphatic carbocycles. The Balaban J connectivity index is 1.37. The summed E-state index contributed by atoms with van der Waals surface area (Å²) in [5.41, 5.74) is 1.27. The minimum atomic E-state index is 0.616. The van der Waals surface area contributed by atoms with Gasteiger partial charge in [-0.25, -0.2) is 4.98 Å². The molecule has 1 saturated heterocycles. The summed E-state index contributed by atoms with van der Waals surface area (Å²) >= 11 is 0. The van der Waals surface area contributed by atoms with Crippen molar-refractivity contribution in [1.29, 1.82) is 0 Å². The van der Waals surface area contributed by atoms with E-state index in [1.807, 2.05) is 18.2 Å². The second kappa shape index (κ2) is 7.25. The van der Waals surface area contributed by atoms with Crippen LogP contribution in [0, 0.1) is 0 Å². The third-order valence-corrected chi connectivity index (χ3v) is 4.35. The van der Waals surface area contributed by atoms with Gasteiger partial charge in [0.15, 0.2) is 0 Å². The van der Waals surface area contributed by atoms with E-state index in [1.165, 1.54) is 5.69 Å². The number of anilines is 3. The van der Waals surface area contributed by atoms with Crippen molar-refractivity contribution in [1.82, 2.24) is 9.97 Å². The van der Waals surface area contributed by atoms with Crippen molar-refractivity contribution < 1.29 is 4.42 Å². The van der Waals surface area contributed by atoms with Crippen LogP contribution in [-0.4, -0.2) is 36.1 Å². The smallest absolute Gasteiger partial charge is 0.227 e. The van der Waals surface area contributed by atoms with Crippen molar-refractivity contribution in [3.8, 4) is 0 Å².